The van der Waals surface area contributed by atoms with Crippen molar-refractivity contribution in [3.63, 3.8) is 0 Å². The first kappa shape index (κ1) is 13.5. The predicted octanol–water partition coefficient (Wildman–Crippen LogP) is 3.82. The summed E-state index contributed by atoms with van der Waals surface area (Å²) in [5, 5.41) is 9.35. The molecule has 0 fully saturated rings. The van der Waals surface area contributed by atoms with Crippen molar-refractivity contribution < 1.29 is 4.39 Å². The number of anilines is 1. The molecule has 0 unspecified atom stereocenters. The molecule has 0 saturated carbocycles. The van der Waals surface area contributed by atoms with Gasteiger partial charge in [-0.3, -0.25) is 0 Å². The lowest BCUT2D eigenvalue weighted by molar-refractivity contribution is 0.627. The number of hydrogen-bond acceptors (Lipinski definition) is 3. The van der Waals surface area contributed by atoms with Crippen molar-refractivity contribution in [1.82, 2.24) is 4.40 Å². The highest BCUT2D eigenvalue weighted by Gasteiger charge is 2.11. The average molecular weight is 297 g/mol. The third-order valence-electron chi connectivity index (χ3n) is 3.23. The number of nitriles is 1. The number of fused-ring (bicyclic) bond motifs is 1. The Balaban J connectivity index is 1.90. The minimum absolute atomic E-state index is 0.343. The van der Waals surface area contributed by atoms with Gasteiger partial charge in [-0.1, -0.05) is 6.07 Å². The molecule has 2 heterocycles. The van der Waals surface area contributed by atoms with Gasteiger partial charge in [0.1, 0.15) is 11.9 Å². The number of pyridine rings is 1. The van der Waals surface area contributed by atoms with E-state index >= 15 is 0 Å². The summed E-state index contributed by atoms with van der Waals surface area (Å²) < 4.78 is 15.0. The Bertz CT molecular complexity index is 848. The minimum atomic E-state index is -0.343. The van der Waals surface area contributed by atoms with Crippen molar-refractivity contribution in [3.8, 4) is 6.07 Å². The number of thioether (sulfide) groups is 1. The summed E-state index contributed by atoms with van der Waals surface area (Å²) in [6, 6.07) is 12.4. The van der Waals surface area contributed by atoms with E-state index in [9.17, 15) is 9.65 Å². The second-order valence-corrected chi connectivity index (χ2v) is 5.62. The van der Waals surface area contributed by atoms with E-state index in [4.69, 9.17) is 5.73 Å². The largest absolute Gasteiger partial charge is 0.398 e. The quantitative estimate of drug-likeness (QED) is 0.590. The van der Waals surface area contributed by atoms with Crippen LogP contribution in [0.15, 0.2) is 53.7 Å². The molecular formula is C16H12FN3S. The van der Waals surface area contributed by atoms with Crippen LogP contribution in [-0.4, -0.2) is 4.40 Å². The zero-order chi connectivity index (χ0) is 14.8. The number of halogens is 1. The van der Waals surface area contributed by atoms with Crippen LogP contribution in [0.2, 0.25) is 0 Å². The van der Waals surface area contributed by atoms with Gasteiger partial charge in [0, 0.05) is 28.7 Å². The molecule has 1 aromatic carbocycles. The minimum Gasteiger partial charge on any atom is -0.398 e. The number of nitrogens with zero attached hydrogens (tertiary/aromatic N) is 2. The van der Waals surface area contributed by atoms with Crippen LogP contribution in [0.25, 0.3) is 5.52 Å². The number of hydrogen-bond donors (Lipinski definition) is 1. The van der Waals surface area contributed by atoms with E-state index < -0.39 is 0 Å². The van der Waals surface area contributed by atoms with Crippen molar-refractivity contribution in [3.05, 3.63) is 65.7 Å². The van der Waals surface area contributed by atoms with Crippen LogP contribution < -0.4 is 5.73 Å². The van der Waals surface area contributed by atoms with Gasteiger partial charge < -0.3 is 10.1 Å². The Morgan fingerprint density at radius 1 is 1.29 bits per heavy atom. The molecule has 0 amide bonds. The van der Waals surface area contributed by atoms with E-state index in [1.165, 1.54) is 23.9 Å². The molecule has 0 aliphatic heterocycles. The topological polar surface area (TPSA) is 54.2 Å². The second-order valence-electron chi connectivity index (χ2n) is 4.61. The van der Waals surface area contributed by atoms with Gasteiger partial charge in [0.2, 0.25) is 0 Å². The van der Waals surface area contributed by atoms with Crippen LogP contribution in [0.5, 0.6) is 0 Å². The third-order valence-corrected chi connectivity index (χ3v) is 4.37. The number of nitrogen functional groups attached to an aromatic ring is 1. The lowest BCUT2D eigenvalue weighted by atomic mass is 10.2. The molecule has 5 heteroatoms. The second kappa shape index (κ2) is 5.51. The van der Waals surface area contributed by atoms with Crippen LogP contribution in [0, 0.1) is 17.1 Å². The summed E-state index contributed by atoms with van der Waals surface area (Å²) >= 11 is 1.50. The standard InChI is InChI=1S/C16H12FN3S/c17-12-4-5-16(14(19)7-12)21-10-11-9-20-6-2-1-3-15(20)13(11)8-18/h1-7,9H,10,19H2. The molecule has 3 nitrogen and oxygen atoms in total. The van der Waals surface area contributed by atoms with E-state index in [0.717, 1.165) is 16.0 Å². The SMILES string of the molecule is N#Cc1c(CSc2ccc(F)cc2N)cn2ccccc12. The Hall–Kier alpha value is -2.45. The predicted molar refractivity (Wildman–Crippen MR) is 82.5 cm³/mol. The Kier molecular flexibility index (Phi) is 3.55. The maximum Gasteiger partial charge on any atom is 0.125 e. The van der Waals surface area contributed by atoms with Crippen molar-refractivity contribution >= 4 is 23.0 Å². The van der Waals surface area contributed by atoms with Crippen LogP contribution in [0.4, 0.5) is 10.1 Å². The summed E-state index contributed by atoms with van der Waals surface area (Å²) in [6.07, 6.45) is 3.86. The normalized spacial score (nSPS) is 10.7. The first-order valence-electron chi connectivity index (χ1n) is 6.35. The Morgan fingerprint density at radius 3 is 2.90 bits per heavy atom. The highest BCUT2D eigenvalue weighted by atomic mass is 32.2. The average Bonchev–Trinajstić information content (AvgIpc) is 2.83. The monoisotopic (exact) mass is 297 g/mol. The lowest BCUT2D eigenvalue weighted by Crippen LogP contribution is -1.90. The molecule has 3 aromatic rings. The highest BCUT2D eigenvalue weighted by Crippen LogP contribution is 2.30. The molecule has 0 bridgehead atoms. The van der Waals surface area contributed by atoms with Crippen LogP contribution in [0.3, 0.4) is 0 Å². The lowest BCUT2D eigenvalue weighted by Gasteiger charge is -2.04. The molecular weight excluding hydrogens is 285 g/mol. The summed E-state index contributed by atoms with van der Waals surface area (Å²) in [5.74, 6) is 0.268. The maximum absolute atomic E-state index is 13.0. The van der Waals surface area contributed by atoms with Gasteiger partial charge in [-0.15, -0.1) is 11.8 Å². The molecule has 0 aliphatic carbocycles. The van der Waals surface area contributed by atoms with Crippen LogP contribution in [0.1, 0.15) is 11.1 Å². The first-order chi connectivity index (χ1) is 10.2. The van der Waals surface area contributed by atoms with Crippen molar-refractivity contribution in [1.29, 1.82) is 5.26 Å². The zero-order valence-electron chi connectivity index (χ0n) is 11.1. The molecule has 0 spiro atoms. The molecule has 2 aromatic heterocycles. The smallest absolute Gasteiger partial charge is 0.125 e. The van der Waals surface area contributed by atoms with Gasteiger partial charge in [-0.05, 0) is 35.9 Å². The molecule has 3 rings (SSSR count). The van der Waals surface area contributed by atoms with Gasteiger partial charge in [0.15, 0.2) is 0 Å². The van der Waals surface area contributed by atoms with Gasteiger partial charge in [0.25, 0.3) is 0 Å². The van der Waals surface area contributed by atoms with Gasteiger partial charge in [-0.2, -0.15) is 5.26 Å². The van der Waals surface area contributed by atoms with Crippen molar-refractivity contribution in [2.24, 2.45) is 0 Å². The van der Waals surface area contributed by atoms with Gasteiger partial charge in [-0.25, -0.2) is 4.39 Å². The molecule has 21 heavy (non-hydrogen) atoms. The molecule has 0 saturated heterocycles. The fourth-order valence-corrected chi connectivity index (χ4v) is 3.14. The maximum atomic E-state index is 13.0. The van der Waals surface area contributed by atoms with Crippen LogP contribution >= 0.6 is 11.8 Å². The summed E-state index contributed by atoms with van der Waals surface area (Å²) in [5.41, 5.74) is 8.72. The molecule has 0 radical (unpaired) electrons. The Labute approximate surface area is 125 Å². The zero-order valence-corrected chi connectivity index (χ0v) is 11.9. The fourth-order valence-electron chi connectivity index (χ4n) is 2.22. The Morgan fingerprint density at radius 2 is 2.14 bits per heavy atom. The summed E-state index contributed by atoms with van der Waals surface area (Å²) in [4.78, 5) is 0.815. The molecule has 0 aliphatic rings. The van der Waals surface area contributed by atoms with Crippen molar-refractivity contribution in [2.75, 3.05) is 5.73 Å². The van der Waals surface area contributed by atoms with Gasteiger partial charge >= 0.3 is 0 Å². The van der Waals surface area contributed by atoms with E-state index in [0.29, 0.717) is 17.0 Å². The van der Waals surface area contributed by atoms with Gasteiger partial charge in [0.05, 0.1) is 11.1 Å². The van der Waals surface area contributed by atoms with E-state index in [1.807, 2.05) is 35.0 Å². The van der Waals surface area contributed by atoms with E-state index in [1.54, 1.807) is 6.07 Å². The van der Waals surface area contributed by atoms with Crippen LogP contribution in [-0.2, 0) is 5.75 Å². The first-order valence-corrected chi connectivity index (χ1v) is 7.34. The molecule has 2 N–H and O–H groups in total. The number of nitrogens with two attached hydrogens (primary N) is 1. The number of rotatable bonds is 3. The summed E-state index contributed by atoms with van der Waals surface area (Å²) in [7, 11) is 0. The third kappa shape index (κ3) is 2.58. The van der Waals surface area contributed by atoms with E-state index in [-0.39, 0.29) is 5.82 Å². The highest BCUT2D eigenvalue weighted by molar-refractivity contribution is 7.98. The van der Waals surface area contributed by atoms with E-state index in [2.05, 4.69) is 6.07 Å². The number of aromatic nitrogens is 1. The van der Waals surface area contributed by atoms with Crippen molar-refractivity contribution in [2.45, 2.75) is 10.6 Å². The molecule has 0 atom stereocenters. The summed E-state index contributed by atoms with van der Waals surface area (Å²) in [6.45, 7) is 0. The fraction of sp³-hybridized carbons (Fsp3) is 0.0625. The molecule has 104 valence electrons. The number of benzene rings is 1.